The number of alkyl halides is 3. The zero-order chi connectivity index (χ0) is 27.5. The molecule has 0 unspecified atom stereocenters. The summed E-state index contributed by atoms with van der Waals surface area (Å²) in [5.74, 6) is -1.83. The average molecular weight is 521 g/mol. The summed E-state index contributed by atoms with van der Waals surface area (Å²) in [6.45, 7) is 5.17. The Morgan fingerprint density at radius 2 is 1.65 bits per heavy atom. The molecule has 0 fully saturated rings. The first kappa shape index (κ1) is 27.7. The number of amides is 1. The monoisotopic (exact) mass is 520 g/mol. The highest BCUT2D eigenvalue weighted by atomic mass is 19.4. The summed E-state index contributed by atoms with van der Waals surface area (Å²) < 4.78 is 50.0. The first-order valence-corrected chi connectivity index (χ1v) is 11.3. The SMILES string of the molecule is COC(=O)[C@H](Cc1cn(C(=O)OC(C)(C)C)c2ccccc12)NC(=O)[C@H](O)c1ccc(C(F)(F)F)cc1. The normalized spacial score (nSPS) is 13.6. The predicted octanol–water partition coefficient (Wildman–Crippen LogP) is 4.38. The number of carbonyl (C=O) groups excluding carboxylic acids is 3. The van der Waals surface area contributed by atoms with E-state index >= 15 is 0 Å². The molecule has 0 aliphatic rings. The van der Waals surface area contributed by atoms with Gasteiger partial charge in [-0.15, -0.1) is 0 Å². The number of hydrogen-bond donors (Lipinski definition) is 2. The first-order valence-electron chi connectivity index (χ1n) is 11.3. The van der Waals surface area contributed by atoms with Crippen molar-refractivity contribution in [3.8, 4) is 0 Å². The van der Waals surface area contributed by atoms with Crippen LogP contribution >= 0.6 is 0 Å². The van der Waals surface area contributed by atoms with Crippen molar-refractivity contribution in [3.05, 3.63) is 71.4 Å². The number of aliphatic hydroxyl groups is 1. The summed E-state index contributed by atoms with van der Waals surface area (Å²) >= 11 is 0. The number of para-hydroxylation sites is 1. The minimum absolute atomic E-state index is 0.0874. The van der Waals surface area contributed by atoms with Crippen LogP contribution < -0.4 is 5.32 Å². The van der Waals surface area contributed by atoms with Crippen molar-refractivity contribution in [2.45, 2.75) is 51.1 Å². The van der Waals surface area contributed by atoms with Crippen LogP contribution in [0.5, 0.6) is 0 Å². The Balaban J connectivity index is 1.86. The first-order chi connectivity index (χ1) is 17.2. The fourth-order valence-corrected chi connectivity index (χ4v) is 3.69. The Bertz CT molecular complexity index is 1290. The molecule has 0 saturated carbocycles. The highest BCUT2D eigenvalue weighted by molar-refractivity contribution is 5.93. The number of methoxy groups -OCH3 is 1. The van der Waals surface area contributed by atoms with E-state index < -0.39 is 47.5 Å². The highest BCUT2D eigenvalue weighted by Crippen LogP contribution is 2.30. The number of aliphatic hydroxyl groups excluding tert-OH is 1. The van der Waals surface area contributed by atoms with Crippen molar-refractivity contribution in [2.24, 2.45) is 0 Å². The summed E-state index contributed by atoms with van der Waals surface area (Å²) in [4.78, 5) is 37.9. The van der Waals surface area contributed by atoms with Crippen LogP contribution in [0.3, 0.4) is 0 Å². The van der Waals surface area contributed by atoms with Crippen molar-refractivity contribution in [3.63, 3.8) is 0 Å². The number of nitrogens with zero attached hydrogens (tertiary/aromatic N) is 1. The summed E-state index contributed by atoms with van der Waals surface area (Å²) in [5.41, 5.74) is -0.736. The molecule has 2 aromatic carbocycles. The Labute approximate surface area is 211 Å². The molecule has 3 rings (SSSR count). The number of fused-ring (bicyclic) bond motifs is 1. The maximum Gasteiger partial charge on any atom is 0.419 e. The molecule has 0 aliphatic heterocycles. The van der Waals surface area contributed by atoms with Gasteiger partial charge in [-0.1, -0.05) is 30.3 Å². The molecular weight excluding hydrogens is 493 g/mol. The van der Waals surface area contributed by atoms with Crippen LogP contribution in [-0.2, 0) is 31.7 Å². The van der Waals surface area contributed by atoms with Crippen LogP contribution in [0.15, 0.2) is 54.7 Å². The van der Waals surface area contributed by atoms with Crippen LogP contribution in [0.4, 0.5) is 18.0 Å². The van der Waals surface area contributed by atoms with E-state index in [2.05, 4.69) is 5.32 Å². The van der Waals surface area contributed by atoms with Crippen molar-refractivity contribution in [2.75, 3.05) is 7.11 Å². The van der Waals surface area contributed by atoms with E-state index in [0.717, 1.165) is 31.4 Å². The molecule has 198 valence electrons. The van der Waals surface area contributed by atoms with E-state index in [-0.39, 0.29) is 12.0 Å². The molecule has 37 heavy (non-hydrogen) atoms. The number of esters is 1. The molecule has 0 saturated heterocycles. The molecule has 3 aromatic rings. The van der Waals surface area contributed by atoms with Crippen LogP contribution in [-0.4, -0.2) is 46.4 Å². The third kappa shape index (κ3) is 6.67. The average Bonchev–Trinajstić information content (AvgIpc) is 3.19. The smallest absolute Gasteiger partial charge is 0.419 e. The van der Waals surface area contributed by atoms with Gasteiger partial charge in [-0.3, -0.25) is 9.36 Å². The number of rotatable bonds is 6. The van der Waals surface area contributed by atoms with Crippen LogP contribution in [0, 0.1) is 0 Å². The highest BCUT2D eigenvalue weighted by Gasteiger charge is 2.32. The zero-order valence-electron chi connectivity index (χ0n) is 20.6. The van der Waals surface area contributed by atoms with Gasteiger partial charge in [0, 0.05) is 18.0 Å². The third-order valence-electron chi connectivity index (χ3n) is 5.41. The second kappa shape index (κ2) is 10.6. The van der Waals surface area contributed by atoms with E-state index in [1.807, 2.05) is 0 Å². The lowest BCUT2D eigenvalue weighted by Gasteiger charge is -2.20. The number of hydrogen-bond acceptors (Lipinski definition) is 6. The summed E-state index contributed by atoms with van der Waals surface area (Å²) in [7, 11) is 1.12. The van der Waals surface area contributed by atoms with Crippen molar-refractivity contribution in [1.82, 2.24) is 9.88 Å². The van der Waals surface area contributed by atoms with Gasteiger partial charge in [0.25, 0.3) is 5.91 Å². The van der Waals surface area contributed by atoms with Gasteiger partial charge in [-0.05, 0) is 50.1 Å². The van der Waals surface area contributed by atoms with Gasteiger partial charge in [0.05, 0.1) is 18.2 Å². The number of benzene rings is 2. The van der Waals surface area contributed by atoms with Crippen molar-refractivity contribution in [1.29, 1.82) is 0 Å². The number of carbonyl (C=O) groups is 3. The van der Waals surface area contributed by atoms with E-state index in [0.29, 0.717) is 16.5 Å². The second-order valence-electron chi connectivity index (χ2n) is 9.33. The van der Waals surface area contributed by atoms with Crippen LogP contribution in [0.2, 0.25) is 0 Å². The molecule has 2 N–H and O–H groups in total. The summed E-state index contributed by atoms with van der Waals surface area (Å²) in [6, 6.07) is 9.09. The topological polar surface area (TPSA) is 107 Å². The van der Waals surface area contributed by atoms with Gasteiger partial charge in [0.2, 0.25) is 0 Å². The molecule has 8 nitrogen and oxygen atoms in total. The molecule has 0 radical (unpaired) electrons. The number of halogens is 3. The van der Waals surface area contributed by atoms with Crippen LogP contribution in [0.1, 0.15) is 43.6 Å². The second-order valence-corrected chi connectivity index (χ2v) is 9.33. The molecule has 1 amide bonds. The molecule has 1 heterocycles. The summed E-state index contributed by atoms with van der Waals surface area (Å²) in [6.07, 6.45) is -5.65. The zero-order valence-corrected chi connectivity index (χ0v) is 20.6. The fourth-order valence-electron chi connectivity index (χ4n) is 3.69. The third-order valence-corrected chi connectivity index (χ3v) is 5.41. The Morgan fingerprint density at radius 1 is 1.03 bits per heavy atom. The molecule has 0 aliphatic carbocycles. The minimum atomic E-state index is -4.57. The molecule has 0 bridgehead atoms. The maximum atomic E-state index is 12.8. The van der Waals surface area contributed by atoms with Crippen molar-refractivity contribution < 1.29 is 42.1 Å². The van der Waals surface area contributed by atoms with E-state index in [4.69, 9.17) is 9.47 Å². The van der Waals surface area contributed by atoms with E-state index in [1.165, 1.54) is 10.8 Å². The van der Waals surface area contributed by atoms with E-state index in [9.17, 15) is 32.7 Å². The Hall–Kier alpha value is -3.86. The number of aromatic nitrogens is 1. The maximum absolute atomic E-state index is 12.8. The fraction of sp³-hybridized carbons (Fsp3) is 0.346. The van der Waals surface area contributed by atoms with Crippen LogP contribution in [0.25, 0.3) is 10.9 Å². The molecule has 0 spiro atoms. The lowest BCUT2D eigenvalue weighted by molar-refractivity contribution is -0.146. The van der Waals surface area contributed by atoms with Gasteiger partial charge in [0.1, 0.15) is 11.6 Å². The lowest BCUT2D eigenvalue weighted by atomic mass is 10.0. The van der Waals surface area contributed by atoms with Crippen molar-refractivity contribution >= 4 is 28.9 Å². The lowest BCUT2D eigenvalue weighted by Crippen LogP contribution is -2.45. The van der Waals surface area contributed by atoms with Gasteiger partial charge < -0.3 is 19.9 Å². The summed E-state index contributed by atoms with van der Waals surface area (Å²) in [5, 5.41) is 13.4. The van der Waals surface area contributed by atoms with Gasteiger partial charge in [0.15, 0.2) is 6.10 Å². The molecule has 1 aromatic heterocycles. The molecule has 2 atom stereocenters. The largest absolute Gasteiger partial charge is 0.467 e. The number of ether oxygens (including phenoxy) is 2. The van der Waals surface area contributed by atoms with Gasteiger partial charge >= 0.3 is 18.2 Å². The minimum Gasteiger partial charge on any atom is -0.467 e. The quantitative estimate of drug-likeness (QED) is 0.468. The standard InChI is InChI=1S/C26H27F3N2O6/c1-25(2,3)37-24(35)31-14-16(18-7-5-6-8-20(18)31)13-19(23(34)36-4)30-22(33)21(32)15-9-11-17(12-10-15)26(27,28)29/h5-12,14,19,21,32H,13H2,1-4H3,(H,30,33)/t19-,21+/m0/s1. The number of nitrogens with one attached hydrogen (secondary N) is 1. The molecular formula is C26H27F3N2O6. The Kier molecular flexibility index (Phi) is 7.97. The molecule has 11 heteroatoms. The van der Waals surface area contributed by atoms with Gasteiger partial charge in [-0.25, -0.2) is 9.59 Å². The van der Waals surface area contributed by atoms with Gasteiger partial charge in [-0.2, -0.15) is 13.2 Å². The Morgan fingerprint density at radius 3 is 2.22 bits per heavy atom. The predicted molar refractivity (Wildman–Crippen MR) is 128 cm³/mol. The van der Waals surface area contributed by atoms with E-state index in [1.54, 1.807) is 45.0 Å².